The highest BCUT2D eigenvalue weighted by molar-refractivity contribution is 5.80. The molecular formula is C17H26N2O2. The molecule has 1 N–H and O–H groups in total. The normalized spacial score (nSPS) is 16.7. The minimum absolute atomic E-state index is 0.0462. The first kappa shape index (κ1) is 15.8. The van der Waals surface area contributed by atoms with Crippen LogP contribution in [-0.4, -0.2) is 43.1 Å². The van der Waals surface area contributed by atoms with Crippen molar-refractivity contribution < 1.29 is 9.53 Å². The molecule has 1 saturated heterocycles. The second kappa shape index (κ2) is 7.46. The number of aryl methyl sites for hydroxylation is 2. The van der Waals surface area contributed by atoms with Gasteiger partial charge in [-0.15, -0.1) is 0 Å². The minimum atomic E-state index is -0.468. The van der Waals surface area contributed by atoms with E-state index >= 15 is 0 Å². The molecule has 1 heterocycles. The van der Waals surface area contributed by atoms with Gasteiger partial charge >= 0.3 is 0 Å². The minimum Gasteiger partial charge on any atom is -0.481 e. The van der Waals surface area contributed by atoms with E-state index in [0.29, 0.717) is 6.54 Å². The van der Waals surface area contributed by atoms with Crippen LogP contribution in [0.25, 0.3) is 0 Å². The van der Waals surface area contributed by atoms with E-state index in [1.165, 1.54) is 12.8 Å². The van der Waals surface area contributed by atoms with Crippen molar-refractivity contribution in [3.63, 3.8) is 0 Å². The highest BCUT2D eigenvalue weighted by Gasteiger charge is 2.16. The van der Waals surface area contributed by atoms with Crippen LogP contribution >= 0.6 is 0 Å². The summed E-state index contributed by atoms with van der Waals surface area (Å²) in [6, 6.07) is 6.04. The van der Waals surface area contributed by atoms with E-state index in [4.69, 9.17) is 4.74 Å². The Morgan fingerprint density at radius 3 is 2.76 bits per heavy atom. The number of rotatable bonds is 6. The summed E-state index contributed by atoms with van der Waals surface area (Å²) in [5, 5.41) is 2.96. The molecule has 0 aromatic heterocycles. The molecule has 4 nitrogen and oxygen atoms in total. The summed E-state index contributed by atoms with van der Waals surface area (Å²) in [4.78, 5) is 14.4. The molecule has 1 atom stereocenters. The fraction of sp³-hybridized carbons (Fsp3) is 0.588. The summed E-state index contributed by atoms with van der Waals surface area (Å²) in [5.74, 6) is 0.743. The van der Waals surface area contributed by atoms with Gasteiger partial charge in [-0.3, -0.25) is 4.79 Å². The van der Waals surface area contributed by atoms with Crippen molar-refractivity contribution in [3.8, 4) is 5.75 Å². The summed E-state index contributed by atoms with van der Waals surface area (Å²) < 4.78 is 5.78. The van der Waals surface area contributed by atoms with Crippen LogP contribution in [0.15, 0.2) is 18.2 Å². The van der Waals surface area contributed by atoms with Gasteiger partial charge in [-0.2, -0.15) is 0 Å². The lowest BCUT2D eigenvalue weighted by Crippen LogP contribution is -2.40. The number of nitrogens with one attached hydrogen (secondary N) is 1. The molecule has 1 aromatic carbocycles. The average molecular weight is 290 g/mol. The van der Waals surface area contributed by atoms with Gasteiger partial charge in [0.1, 0.15) is 5.75 Å². The predicted octanol–water partition coefficient (Wildman–Crippen LogP) is 2.28. The van der Waals surface area contributed by atoms with Crippen molar-refractivity contribution in [2.75, 3.05) is 26.2 Å². The number of likely N-dealkylation sites (tertiary alicyclic amines) is 1. The quantitative estimate of drug-likeness (QED) is 0.874. The Hall–Kier alpha value is -1.55. The maximum absolute atomic E-state index is 12.1. The number of benzene rings is 1. The Kier molecular flexibility index (Phi) is 5.62. The van der Waals surface area contributed by atoms with E-state index < -0.39 is 6.10 Å². The summed E-state index contributed by atoms with van der Waals surface area (Å²) in [5.41, 5.74) is 2.19. The number of hydrogen-bond donors (Lipinski definition) is 1. The predicted molar refractivity (Wildman–Crippen MR) is 84.7 cm³/mol. The maximum atomic E-state index is 12.1. The van der Waals surface area contributed by atoms with Crippen molar-refractivity contribution in [3.05, 3.63) is 29.3 Å². The van der Waals surface area contributed by atoms with E-state index in [-0.39, 0.29) is 5.91 Å². The third-order valence-corrected chi connectivity index (χ3v) is 3.94. The van der Waals surface area contributed by atoms with Crippen molar-refractivity contribution >= 4 is 5.91 Å². The average Bonchev–Trinajstić information content (AvgIpc) is 2.96. The second-order valence-corrected chi connectivity index (χ2v) is 5.87. The molecule has 4 heteroatoms. The van der Waals surface area contributed by atoms with Crippen molar-refractivity contribution in [1.29, 1.82) is 0 Å². The van der Waals surface area contributed by atoms with E-state index in [1.807, 2.05) is 32.0 Å². The number of hydrogen-bond acceptors (Lipinski definition) is 3. The van der Waals surface area contributed by atoms with E-state index in [1.54, 1.807) is 6.92 Å². The Labute approximate surface area is 127 Å². The summed E-state index contributed by atoms with van der Waals surface area (Å²) >= 11 is 0. The molecule has 1 unspecified atom stereocenters. The molecule has 1 aliphatic heterocycles. The van der Waals surface area contributed by atoms with Gasteiger partial charge in [0.05, 0.1) is 0 Å². The molecule has 1 amide bonds. The van der Waals surface area contributed by atoms with Gasteiger partial charge in [0.25, 0.3) is 5.91 Å². The van der Waals surface area contributed by atoms with E-state index in [9.17, 15) is 4.79 Å². The lowest BCUT2D eigenvalue weighted by atomic mass is 10.1. The Morgan fingerprint density at radius 2 is 2.05 bits per heavy atom. The summed E-state index contributed by atoms with van der Waals surface area (Å²) in [7, 11) is 0. The van der Waals surface area contributed by atoms with Crippen LogP contribution in [0, 0.1) is 13.8 Å². The zero-order valence-corrected chi connectivity index (χ0v) is 13.3. The third kappa shape index (κ3) is 4.74. The Balaban J connectivity index is 1.77. The van der Waals surface area contributed by atoms with Gasteiger partial charge in [0.2, 0.25) is 0 Å². The highest BCUT2D eigenvalue weighted by atomic mass is 16.5. The van der Waals surface area contributed by atoms with Crippen LogP contribution in [0.4, 0.5) is 0 Å². The topological polar surface area (TPSA) is 41.6 Å². The second-order valence-electron chi connectivity index (χ2n) is 5.87. The van der Waals surface area contributed by atoms with Crippen molar-refractivity contribution in [2.24, 2.45) is 0 Å². The number of carbonyl (C=O) groups excluding carboxylic acids is 1. The molecule has 2 rings (SSSR count). The van der Waals surface area contributed by atoms with Gasteiger partial charge in [0, 0.05) is 13.1 Å². The monoisotopic (exact) mass is 290 g/mol. The van der Waals surface area contributed by atoms with Crippen LogP contribution in [0.3, 0.4) is 0 Å². The zero-order valence-electron chi connectivity index (χ0n) is 13.3. The summed E-state index contributed by atoms with van der Waals surface area (Å²) in [6.45, 7) is 9.75. The fourth-order valence-corrected chi connectivity index (χ4v) is 2.57. The van der Waals surface area contributed by atoms with E-state index in [0.717, 1.165) is 36.5 Å². The van der Waals surface area contributed by atoms with Crippen LogP contribution in [0.1, 0.15) is 30.9 Å². The van der Waals surface area contributed by atoms with Crippen LogP contribution in [0.2, 0.25) is 0 Å². The number of amides is 1. The lowest BCUT2D eigenvalue weighted by molar-refractivity contribution is -0.127. The Bertz CT molecular complexity index is 482. The molecular weight excluding hydrogens is 264 g/mol. The third-order valence-electron chi connectivity index (χ3n) is 3.94. The SMILES string of the molecule is Cc1ccc(C)c(OC(C)C(=O)NCCN2CCCC2)c1. The van der Waals surface area contributed by atoms with Gasteiger partial charge < -0.3 is 15.0 Å². The van der Waals surface area contributed by atoms with Gasteiger partial charge in [-0.25, -0.2) is 0 Å². The maximum Gasteiger partial charge on any atom is 0.260 e. The molecule has 0 bridgehead atoms. The number of carbonyl (C=O) groups is 1. The highest BCUT2D eigenvalue weighted by Crippen LogP contribution is 2.20. The van der Waals surface area contributed by atoms with Gasteiger partial charge in [0.15, 0.2) is 6.10 Å². The van der Waals surface area contributed by atoms with Gasteiger partial charge in [-0.1, -0.05) is 12.1 Å². The fourth-order valence-electron chi connectivity index (χ4n) is 2.57. The smallest absolute Gasteiger partial charge is 0.260 e. The molecule has 0 aliphatic carbocycles. The van der Waals surface area contributed by atoms with Crippen molar-refractivity contribution in [1.82, 2.24) is 10.2 Å². The molecule has 0 spiro atoms. The first-order valence-corrected chi connectivity index (χ1v) is 7.80. The van der Waals surface area contributed by atoms with Gasteiger partial charge in [-0.05, 0) is 63.9 Å². The first-order valence-electron chi connectivity index (χ1n) is 7.80. The zero-order chi connectivity index (χ0) is 15.2. The first-order chi connectivity index (χ1) is 10.1. The Morgan fingerprint density at radius 1 is 1.33 bits per heavy atom. The summed E-state index contributed by atoms with van der Waals surface area (Å²) in [6.07, 6.45) is 2.09. The van der Waals surface area contributed by atoms with E-state index in [2.05, 4.69) is 10.2 Å². The molecule has 1 aromatic rings. The lowest BCUT2D eigenvalue weighted by Gasteiger charge is -2.18. The standard InChI is InChI=1S/C17H26N2O2/c1-13-6-7-14(2)16(12-13)21-15(3)17(20)18-8-11-19-9-4-5-10-19/h6-7,12,15H,4-5,8-11H2,1-3H3,(H,18,20). The molecule has 21 heavy (non-hydrogen) atoms. The largest absolute Gasteiger partial charge is 0.481 e. The van der Waals surface area contributed by atoms with Crippen LogP contribution in [-0.2, 0) is 4.79 Å². The van der Waals surface area contributed by atoms with Crippen LogP contribution < -0.4 is 10.1 Å². The molecule has 1 aliphatic rings. The molecule has 0 saturated carbocycles. The van der Waals surface area contributed by atoms with Crippen LogP contribution in [0.5, 0.6) is 5.75 Å². The number of nitrogens with zero attached hydrogens (tertiary/aromatic N) is 1. The molecule has 116 valence electrons. The van der Waals surface area contributed by atoms with Crippen molar-refractivity contribution in [2.45, 2.75) is 39.7 Å². The molecule has 0 radical (unpaired) electrons. The number of ether oxygens (including phenoxy) is 1. The molecule has 1 fully saturated rings.